The van der Waals surface area contributed by atoms with E-state index >= 15 is 0 Å². The molecule has 0 saturated carbocycles. The van der Waals surface area contributed by atoms with Gasteiger partial charge in [0.05, 0.1) is 12.2 Å². The van der Waals surface area contributed by atoms with E-state index in [2.05, 4.69) is 5.32 Å². The number of hydroxylamine groups is 1. The van der Waals surface area contributed by atoms with Crippen LogP contribution >= 0.6 is 11.8 Å². The van der Waals surface area contributed by atoms with Crippen LogP contribution in [0.3, 0.4) is 0 Å². The van der Waals surface area contributed by atoms with E-state index in [4.69, 9.17) is 4.74 Å². The molecule has 6 nitrogen and oxygen atoms in total. The molecule has 3 N–H and O–H groups in total. The van der Waals surface area contributed by atoms with E-state index < -0.39 is 6.10 Å². The minimum Gasteiger partial charge on any atom is -0.872 e. The fraction of sp³-hybridized carbons (Fsp3) is 0.364. The molecule has 7 heteroatoms. The molecular weight excluding hydrogens is 388 g/mol. The molecule has 0 fully saturated rings. The summed E-state index contributed by atoms with van der Waals surface area (Å²) in [7, 11) is 0. The van der Waals surface area contributed by atoms with Gasteiger partial charge in [0.25, 0.3) is 0 Å². The van der Waals surface area contributed by atoms with Crippen molar-refractivity contribution in [2.24, 2.45) is 0 Å². The number of rotatable bonds is 8. The van der Waals surface area contributed by atoms with Crippen molar-refractivity contribution in [3.8, 4) is 11.5 Å². The molecule has 0 radical (unpaired) electrons. The topological polar surface area (TPSA) is 88.0 Å². The largest absolute Gasteiger partial charge is 0.872 e. The fourth-order valence-corrected chi connectivity index (χ4v) is 3.62. The second-order valence-corrected chi connectivity index (χ2v) is 8.19. The predicted octanol–water partition coefficient (Wildman–Crippen LogP) is 2.97. The lowest BCUT2D eigenvalue weighted by atomic mass is 10.0. The first-order chi connectivity index (χ1) is 13.9. The Hall–Kier alpha value is -2.19. The summed E-state index contributed by atoms with van der Waals surface area (Å²) in [5.41, 5.74) is 2.72. The molecule has 1 heterocycles. The molecule has 0 aliphatic carbocycles. The third-order valence-corrected chi connectivity index (χ3v) is 5.39. The third-order valence-electron chi connectivity index (χ3n) is 4.67. The number of ether oxygens (including phenoxy) is 1. The van der Waals surface area contributed by atoms with Crippen LogP contribution in [0.4, 0.5) is 5.69 Å². The highest BCUT2D eigenvalue weighted by atomic mass is 32.2. The van der Waals surface area contributed by atoms with Crippen molar-refractivity contribution in [3.05, 3.63) is 47.5 Å². The van der Waals surface area contributed by atoms with Gasteiger partial charge in [-0.05, 0) is 41.7 Å². The number of fused-ring (bicyclic) bond motifs is 1. The van der Waals surface area contributed by atoms with Crippen molar-refractivity contribution < 1.29 is 20.2 Å². The Morgan fingerprint density at radius 2 is 2.10 bits per heavy atom. The van der Waals surface area contributed by atoms with Gasteiger partial charge in [-0.1, -0.05) is 32.0 Å². The molecule has 0 aromatic heterocycles. The zero-order valence-corrected chi connectivity index (χ0v) is 17.7. The molecule has 29 heavy (non-hydrogen) atoms. The van der Waals surface area contributed by atoms with Gasteiger partial charge in [-0.2, -0.15) is 0 Å². The minimum absolute atomic E-state index is 0.0594. The third kappa shape index (κ3) is 5.25. The molecule has 156 valence electrons. The van der Waals surface area contributed by atoms with Crippen LogP contribution in [0.2, 0.25) is 0 Å². The molecule has 2 aromatic carbocycles. The van der Waals surface area contributed by atoms with Crippen LogP contribution < -0.4 is 20.2 Å². The summed E-state index contributed by atoms with van der Waals surface area (Å²) in [4.78, 5) is 0.917. The van der Waals surface area contributed by atoms with Crippen molar-refractivity contribution >= 4 is 29.1 Å². The van der Waals surface area contributed by atoms with E-state index in [0.717, 1.165) is 21.1 Å². The van der Waals surface area contributed by atoms with E-state index in [1.54, 1.807) is 30.3 Å². The SMILES string of the molecule is CSc1ccc(C=C2CN(O)c3cccc(OCC(O)CNC(C)C)c32)c([O-])c1. The Morgan fingerprint density at radius 3 is 2.79 bits per heavy atom. The Balaban J connectivity index is 1.85. The number of hydrogen-bond acceptors (Lipinski definition) is 7. The van der Waals surface area contributed by atoms with Gasteiger partial charge in [-0.25, -0.2) is 0 Å². The first-order valence-electron chi connectivity index (χ1n) is 9.58. The van der Waals surface area contributed by atoms with E-state index in [1.165, 1.54) is 11.8 Å². The number of nitrogens with zero attached hydrogens (tertiary/aromatic N) is 1. The van der Waals surface area contributed by atoms with Crippen molar-refractivity contribution in [2.45, 2.75) is 30.9 Å². The number of thioether (sulfide) groups is 1. The average molecular weight is 416 g/mol. The lowest BCUT2D eigenvalue weighted by molar-refractivity contribution is -0.268. The Kier molecular flexibility index (Phi) is 7.08. The Morgan fingerprint density at radius 1 is 1.31 bits per heavy atom. The maximum atomic E-state index is 12.4. The van der Waals surface area contributed by atoms with Crippen LogP contribution in [0, 0.1) is 0 Å². The molecule has 1 unspecified atom stereocenters. The number of hydrogen-bond donors (Lipinski definition) is 3. The molecule has 1 aliphatic rings. The van der Waals surface area contributed by atoms with E-state index in [0.29, 0.717) is 23.5 Å². The molecule has 0 bridgehead atoms. The van der Waals surface area contributed by atoms with Gasteiger partial charge in [0.2, 0.25) is 0 Å². The summed E-state index contributed by atoms with van der Waals surface area (Å²) in [6.07, 6.45) is 3.07. The van der Waals surface area contributed by atoms with Crippen LogP contribution in [0.5, 0.6) is 11.5 Å². The Labute approximate surface area is 175 Å². The van der Waals surface area contributed by atoms with Crippen LogP contribution in [-0.2, 0) is 0 Å². The van der Waals surface area contributed by atoms with Crippen molar-refractivity contribution in [3.63, 3.8) is 0 Å². The van der Waals surface area contributed by atoms with Gasteiger partial charge in [0.1, 0.15) is 18.5 Å². The number of aliphatic hydroxyl groups excluding tert-OH is 1. The monoisotopic (exact) mass is 415 g/mol. The maximum absolute atomic E-state index is 12.4. The zero-order valence-electron chi connectivity index (χ0n) is 16.9. The lowest BCUT2D eigenvalue weighted by Gasteiger charge is -2.17. The van der Waals surface area contributed by atoms with Crippen molar-refractivity contribution in [1.82, 2.24) is 5.32 Å². The quantitative estimate of drug-likeness (QED) is 0.571. The average Bonchev–Trinajstić information content (AvgIpc) is 3.02. The molecule has 0 spiro atoms. The number of nitrogens with one attached hydrogen (secondary N) is 1. The summed E-state index contributed by atoms with van der Waals surface area (Å²) in [5.74, 6) is 0.512. The van der Waals surface area contributed by atoms with E-state index in [-0.39, 0.29) is 24.9 Å². The maximum Gasteiger partial charge on any atom is 0.129 e. The predicted molar refractivity (Wildman–Crippen MR) is 116 cm³/mol. The summed E-state index contributed by atoms with van der Waals surface area (Å²) >= 11 is 1.52. The van der Waals surface area contributed by atoms with Crippen molar-refractivity contribution in [2.75, 3.05) is 31.0 Å². The van der Waals surface area contributed by atoms with Crippen molar-refractivity contribution in [1.29, 1.82) is 0 Å². The van der Waals surface area contributed by atoms with Crippen LogP contribution in [0.1, 0.15) is 25.0 Å². The molecule has 0 amide bonds. The standard InChI is InChI=1S/C22H28N2O4S/c1-14(2)23-11-17(25)13-28-21-6-4-5-19-22(21)16(12-24(19)27)9-15-7-8-18(29-3)10-20(15)26/h4-10,14,17,23,25-27H,11-13H2,1-3H3/p-1. The molecule has 1 aliphatic heterocycles. The number of aliphatic hydroxyl groups is 1. The van der Waals surface area contributed by atoms with Gasteiger partial charge in [0, 0.05) is 23.0 Å². The van der Waals surface area contributed by atoms with E-state index in [1.807, 2.05) is 32.2 Å². The summed E-state index contributed by atoms with van der Waals surface area (Å²) in [6, 6.07) is 11.0. The number of anilines is 1. The lowest BCUT2D eigenvalue weighted by Crippen LogP contribution is -2.35. The first-order valence-corrected chi connectivity index (χ1v) is 10.8. The summed E-state index contributed by atoms with van der Waals surface area (Å²) in [6.45, 7) is 4.85. The second kappa shape index (κ2) is 9.54. The van der Waals surface area contributed by atoms with Crippen LogP contribution in [0.15, 0.2) is 41.3 Å². The molecule has 0 saturated heterocycles. The van der Waals surface area contributed by atoms with Gasteiger partial charge in [-0.3, -0.25) is 10.3 Å². The molecular formula is C22H27N2O4S-. The van der Waals surface area contributed by atoms with Gasteiger partial charge >= 0.3 is 0 Å². The van der Waals surface area contributed by atoms with Gasteiger partial charge in [-0.15, -0.1) is 17.5 Å². The normalized spacial score (nSPS) is 15.8. The van der Waals surface area contributed by atoms with Crippen LogP contribution in [0.25, 0.3) is 11.6 Å². The fourth-order valence-electron chi connectivity index (χ4n) is 3.19. The molecule has 1 atom stereocenters. The summed E-state index contributed by atoms with van der Waals surface area (Å²) < 4.78 is 5.88. The highest BCUT2D eigenvalue weighted by molar-refractivity contribution is 7.98. The second-order valence-electron chi connectivity index (χ2n) is 7.31. The highest BCUT2D eigenvalue weighted by Gasteiger charge is 2.26. The Bertz CT molecular complexity index is 885. The number of benzene rings is 2. The minimum atomic E-state index is -0.653. The zero-order chi connectivity index (χ0) is 21.0. The highest BCUT2D eigenvalue weighted by Crippen LogP contribution is 2.42. The van der Waals surface area contributed by atoms with Crippen LogP contribution in [-0.4, -0.2) is 48.4 Å². The summed E-state index contributed by atoms with van der Waals surface area (Å²) in [5, 5.41) is 37.2. The van der Waals surface area contributed by atoms with Gasteiger partial charge in [0.15, 0.2) is 0 Å². The first kappa shape index (κ1) is 21.5. The van der Waals surface area contributed by atoms with E-state index in [9.17, 15) is 15.4 Å². The molecule has 2 aromatic rings. The molecule has 3 rings (SSSR count). The smallest absolute Gasteiger partial charge is 0.129 e. The van der Waals surface area contributed by atoms with Gasteiger partial charge < -0.3 is 20.3 Å².